The van der Waals surface area contributed by atoms with E-state index in [9.17, 15) is 4.79 Å². The van der Waals surface area contributed by atoms with Crippen LogP contribution in [-0.4, -0.2) is 12.0 Å². The SMILES string of the molecule is Cc1ccc(C)c(OC(C(N)=O)C(C)C)c1C. The molecule has 0 saturated carbocycles. The van der Waals surface area contributed by atoms with Crippen molar-refractivity contribution in [2.45, 2.75) is 40.7 Å². The summed E-state index contributed by atoms with van der Waals surface area (Å²) in [5.74, 6) is 0.426. The summed E-state index contributed by atoms with van der Waals surface area (Å²) >= 11 is 0. The number of hydrogen-bond donors (Lipinski definition) is 1. The number of carbonyl (C=O) groups is 1. The quantitative estimate of drug-likeness (QED) is 0.871. The molecule has 1 rings (SSSR count). The van der Waals surface area contributed by atoms with Gasteiger partial charge in [0, 0.05) is 0 Å². The molecule has 1 atom stereocenters. The molecular formula is C14H21NO2. The molecule has 2 N–H and O–H groups in total. The van der Waals surface area contributed by atoms with Crippen molar-refractivity contribution in [3.8, 4) is 5.75 Å². The maximum atomic E-state index is 11.4. The first-order valence-corrected chi connectivity index (χ1v) is 5.87. The number of aryl methyl sites for hydroxylation is 2. The van der Waals surface area contributed by atoms with Crippen LogP contribution in [0.3, 0.4) is 0 Å². The summed E-state index contributed by atoms with van der Waals surface area (Å²) in [4.78, 5) is 11.4. The van der Waals surface area contributed by atoms with Crippen molar-refractivity contribution in [2.75, 3.05) is 0 Å². The number of ether oxygens (including phenoxy) is 1. The highest BCUT2D eigenvalue weighted by Gasteiger charge is 2.23. The molecule has 0 saturated heterocycles. The second-order valence-corrected chi connectivity index (χ2v) is 4.84. The van der Waals surface area contributed by atoms with Crippen LogP contribution in [0.5, 0.6) is 5.75 Å². The predicted molar refractivity (Wildman–Crippen MR) is 69.1 cm³/mol. The van der Waals surface area contributed by atoms with Crippen LogP contribution in [0, 0.1) is 26.7 Å². The highest BCUT2D eigenvalue weighted by molar-refractivity contribution is 5.79. The Morgan fingerprint density at radius 1 is 1.18 bits per heavy atom. The Morgan fingerprint density at radius 3 is 2.18 bits per heavy atom. The molecule has 0 fully saturated rings. The van der Waals surface area contributed by atoms with Crippen LogP contribution in [0.25, 0.3) is 0 Å². The van der Waals surface area contributed by atoms with E-state index in [1.807, 2.05) is 46.8 Å². The number of benzene rings is 1. The van der Waals surface area contributed by atoms with Crippen LogP contribution >= 0.6 is 0 Å². The minimum Gasteiger partial charge on any atom is -0.480 e. The van der Waals surface area contributed by atoms with Crippen molar-refractivity contribution in [2.24, 2.45) is 11.7 Å². The summed E-state index contributed by atoms with van der Waals surface area (Å²) in [7, 11) is 0. The number of primary amides is 1. The molecule has 94 valence electrons. The first-order chi connectivity index (χ1) is 7.84. The van der Waals surface area contributed by atoms with E-state index in [-0.39, 0.29) is 5.92 Å². The summed E-state index contributed by atoms with van der Waals surface area (Å²) < 4.78 is 5.81. The van der Waals surface area contributed by atoms with Crippen molar-refractivity contribution in [1.29, 1.82) is 0 Å². The van der Waals surface area contributed by atoms with Crippen LogP contribution in [-0.2, 0) is 4.79 Å². The third-order valence-electron chi connectivity index (χ3n) is 3.00. The van der Waals surface area contributed by atoms with E-state index in [4.69, 9.17) is 10.5 Å². The Kier molecular flexibility index (Phi) is 4.16. The molecule has 0 spiro atoms. The Labute approximate surface area is 103 Å². The van der Waals surface area contributed by atoms with Gasteiger partial charge in [0.2, 0.25) is 0 Å². The van der Waals surface area contributed by atoms with Gasteiger partial charge in [-0.2, -0.15) is 0 Å². The number of nitrogens with two attached hydrogens (primary N) is 1. The molecule has 1 unspecified atom stereocenters. The Balaban J connectivity index is 3.09. The predicted octanol–water partition coefficient (Wildman–Crippen LogP) is 2.50. The number of hydrogen-bond acceptors (Lipinski definition) is 2. The summed E-state index contributed by atoms with van der Waals surface area (Å²) in [6.07, 6.45) is -0.575. The fourth-order valence-electron chi connectivity index (χ4n) is 1.76. The molecular weight excluding hydrogens is 214 g/mol. The van der Waals surface area contributed by atoms with Gasteiger partial charge >= 0.3 is 0 Å². The fourth-order valence-corrected chi connectivity index (χ4v) is 1.76. The highest BCUT2D eigenvalue weighted by atomic mass is 16.5. The summed E-state index contributed by atoms with van der Waals surface area (Å²) in [5.41, 5.74) is 8.60. The normalized spacial score (nSPS) is 12.6. The topological polar surface area (TPSA) is 52.3 Å². The van der Waals surface area contributed by atoms with E-state index in [2.05, 4.69) is 0 Å². The largest absolute Gasteiger partial charge is 0.480 e. The molecule has 0 aliphatic carbocycles. The minimum absolute atomic E-state index is 0.0619. The van der Waals surface area contributed by atoms with Gasteiger partial charge in [0.25, 0.3) is 5.91 Å². The third kappa shape index (κ3) is 2.99. The van der Waals surface area contributed by atoms with E-state index in [1.165, 1.54) is 0 Å². The molecule has 3 heteroatoms. The molecule has 0 aliphatic rings. The van der Waals surface area contributed by atoms with Gasteiger partial charge in [-0.15, -0.1) is 0 Å². The second-order valence-electron chi connectivity index (χ2n) is 4.84. The van der Waals surface area contributed by atoms with Gasteiger partial charge in [0.05, 0.1) is 0 Å². The van der Waals surface area contributed by atoms with Crippen molar-refractivity contribution in [1.82, 2.24) is 0 Å². The second kappa shape index (κ2) is 5.21. The summed E-state index contributed by atoms with van der Waals surface area (Å²) in [6, 6.07) is 4.04. The number of rotatable bonds is 4. The zero-order chi connectivity index (χ0) is 13.2. The van der Waals surface area contributed by atoms with Crippen LogP contribution in [0.15, 0.2) is 12.1 Å². The molecule has 0 aromatic heterocycles. The third-order valence-corrected chi connectivity index (χ3v) is 3.00. The van der Waals surface area contributed by atoms with Gasteiger partial charge in [-0.3, -0.25) is 4.79 Å². The summed E-state index contributed by atoms with van der Waals surface area (Å²) in [5, 5.41) is 0. The van der Waals surface area contributed by atoms with Crippen molar-refractivity contribution >= 4 is 5.91 Å². The average molecular weight is 235 g/mol. The first-order valence-electron chi connectivity index (χ1n) is 5.87. The van der Waals surface area contributed by atoms with E-state index in [0.717, 1.165) is 22.4 Å². The van der Waals surface area contributed by atoms with Crippen molar-refractivity contribution in [3.05, 3.63) is 28.8 Å². The van der Waals surface area contributed by atoms with E-state index in [1.54, 1.807) is 0 Å². The Hall–Kier alpha value is -1.51. The van der Waals surface area contributed by atoms with Crippen LogP contribution in [0.2, 0.25) is 0 Å². The van der Waals surface area contributed by atoms with Gasteiger partial charge in [-0.1, -0.05) is 26.0 Å². The fraction of sp³-hybridized carbons (Fsp3) is 0.500. The van der Waals surface area contributed by atoms with Gasteiger partial charge in [-0.05, 0) is 43.4 Å². The lowest BCUT2D eigenvalue weighted by Gasteiger charge is -2.22. The van der Waals surface area contributed by atoms with E-state index >= 15 is 0 Å². The molecule has 0 radical (unpaired) electrons. The Bertz CT molecular complexity index is 424. The lowest BCUT2D eigenvalue weighted by atomic mass is 10.0. The number of amides is 1. The molecule has 0 heterocycles. The van der Waals surface area contributed by atoms with Gasteiger partial charge < -0.3 is 10.5 Å². The molecule has 0 aliphatic heterocycles. The van der Waals surface area contributed by atoms with Crippen molar-refractivity contribution in [3.63, 3.8) is 0 Å². The molecule has 1 aromatic carbocycles. The van der Waals surface area contributed by atoms with Gasteiger partial charge in [0.1, 0.15) is 5.75 Å². The first kappa shape index (κ1) is 13.6. The van der Waals surface area contributed by atoms with Crippen LogP contribution < -0.4 is 10.5 Å². The van der Waals surface area contributed by atoms with Crippen LogP contribution in [0.4, 0.5) is 0 Å². The zero-order valence-corrected chi connectivity index (χ0v) is 11.2. The molecule has 17 heavy (non-hydrogen) atoms. The van der Waals surface area contributed by atoms with Gasteiger partial charge in [-0.25, -0.2) is 0 Å². The minimum atomic E-state index is -0.575. The smallest absolute Gasteiger partial charge is 0.258 e. The van der Waals surface area contributed by atoms with Crippen molar-refractivity contribution < 1.29 is 9.53 Å². The maximum Gasteiger partial charge on any atom is 0.258 e. The number of carbonyl (C=O) groups excluding carboxylic acids is 1. The summed E-state index contributed by atoms with van der Waals surface area (Å²) in [6.45, 7) is 9.85. The van der Waals surface area contributed by atoms with E-state index in [0.29, 0.717) is 0 Å². The van der Waals surface area contributed by atoms with Crippen LogP contribution in [0.1, 0.15) is 30.5 Å². The molecule has 0 bridgehead atoms. The van der Waals surface area contributed by atoms with Gasteiger partial charge in [0.15, 0.2) is 6.10 Å². The standard InChI is InChI=1S/C14H21NO2/c1-8(2)12(14(15)16)17-13-10(4)7-6-9(3)11(13)5/h6-8,12H,1-5H3,(H2,15,16). The highest BCUT2D eigenvalue weighted by Crippen LogP contribution is 2.27. The average Bonchev–Trinajstić information content (AvgIpc) is 2.23. The lowest BCUT2D eigenvalue weighted by Crippen LogP contribution is -2.38. The zero-order valence-electron chi connectivity index (χ0n) is 11.2. The molecule has 3 nitrogen and oxygen atoms in total. The Morgan fingerprint density at radius 2 is 1.71 bits per heavy atom. The monoisotopic (exact) mass is 235 g/mol. The molecule has 1 aromatic rings. The maximum absolute atomic E-state index is 11.4. The molecule has 1 amide bonds. The van der Waals surface area contributed by atoms with E-state index < -0.39 is 12.0 Å². The lowest BCUT2D eigenvalue weighted by molar-refractivity contribution is -0.126.